The Hall–Kier alpha value is -0.910. The van der Waals surface area contributed by atoms with Gasteiger partial charge in [-0.15, -0.1) is 0 Å². The molecule has 0 spiro atoms. The van der Waals surface area contributed by atoms with Gasteiger partial charge in [0.1, 0.15) is 6.10 Å². The molecular weight excluding hydrogens is 236 g/mol. The van der Waals surface area contributed by atoms with E-state index in [9.17, 15) is 4.79 Å². The highest BCUT2D eigenvalue weighted by Crippen LogP contribution is 2.32. The second kappa shape index (κ2) is 5.38. The van der Waals surface area contributed by atoms with Crippen LogP contribution in [0.15, 0.2) is 12.2 Å². The fourth-order valence-electron chi connectivity index (χ4n) is 2.36. The molecule has 2 aliphatic heterocycles. The van der Waals surface area contributed by atoms with Gasteiger partial charge >= 0.3 is 5.97 Å². The lowest BCUT2D eigenvalue weighted by Crippen LogP contribution is -2.35. The Balaban J connectivity index is 2.01. The van der Waals surface area contributed by atoms with Gasteiger partial charge in [0.05, 0.1) is 12.7 Å². The molecule has 2 aliphatic rings. The van der Waals surface area contributed by atoms with E-state index >= 15 is 0 Å². The van der Waals surface area contributed by atoms with Crippen molar-refractivity contribution in [3.63, 3.8) is 0 Å². The average molecular weight is 256 g/mol. The van der Waals surface area contributed by atoms with E-state index in [-0.39, 0.29) is 24.1 Å². The van der Waals surface area contributed by atoms with Crippen molar-refractivity contribution in [2.24, 2.45) is 5.92 Å². The lowest BCUT2D eigenvalue weighted by Gasteiger charge is -2.27. The molecule has 18 heavy (non-hydrogen) atoms. The molecule has 0 aliphatic carbocycles. The van der Waals surface area contributed by atoms with E-state index in [0.717, 1.165) is 6.42 Å². The SMILES string of the molecule is COCC[C@@H]([C@H]1C=CC(=O)O1)[C@H]1COC(C)(C)O1. The maximum absolute atomic E-state index is 11.2. The minimum atomic E-state index is -0.567. The predicted octanol–water partition coefficient (Wildman–Crippen LogP) is 1.27. The van der Waals surface area contributed by atoms with Crippen LogP contribution in [0, 0.1) is 5.92 Å². The molecule has 0 saturated carbocycles. The van der Waals surface area contributed by atoms with Crippen molar-refractivity contribution >= 4 is 5.97 Å². The Morgan fingerprint density at radius 1 is 1.56 bits per heavy atom. The Labute approximate surface area is 107 Å². The van der Waals surface area contributed by atoms with Gasteiger partial charge in [0, 0.05) is 25.7 Å². The molecule has 2 rings (SSSR count). The van der Waals surface area contributed by atoms with E-state index in [1.165, 1.54) is 6.08 Å². The third-order valence-corrected chi connectivity index (χ3v) is 3.26. The molecule has 0 N–H and O–H groups in total. The molecule has 1 saturated heterocycles. The van der Waals surface area contributed by atoms with E-state index < -0.39 is 5.79 Å². The Morgan fingerprint density at radius 3 is 2.83 bits per heavy atom. The second-order valence-corrected chi connectivity index (χ2v) is 5.07. The largest absolute Gasteiger partial charge is 0.455 e. The number of methoxy groups -OCH3 is 1. The third-order valence-electron chi connectivity index (χ3n) is 3.26. The summed E-state index contributed by atoms with van der Waals surface area (Å²) in [5.41, 5.74) is 0. The minimum absolute atomic E-state index is 0.0643. The number of hydrogen-bond donors (Lipinski definition) is 0. The zero-order valence-corrected chi connectivity index (χ0v) is 11.0. The summed E-state index contributed by atoms with van der Waals surface area (Å²) in [7, 11) is 1.66. The van der Waals surface area contributed by atoms with E-state index in [4.69, 9.17) is 18.9 Å². The molecule has 0 unspecified atom stereocenters. The topological polar surface area (TPSA) is 54.0 Å². The molecular formula is C13H20O5. The molecule has 0 aromatic rings. The van der Waals surface area contributed by atoms with Crippen LogP contribution in [-0.4, -0.2) is 44.3 Å². The second-order valence-electron chi connectivity index (χ2n) is 5.07. The van der Waals surface area contributed by atoms with Crippen LogP contribution in [-0.2, 0) is 23.7 Å². The first kappa shape index (κ1) is 13.5. The van der Waals surface area contributed by atoms with Gasteiger partial charge in [-0.05, 0) is 26.3 Å². The number of carbonyl (C=O) groups is 1. The number of esters is 1. The Morgan fingerprint density at radius 2 is 2.33 bits per heavy atom. The summed E-state index contributed by atoms with van der Waals surface area (Å²) in [5.74, 6) is -0.794. The van der Waals surface area contributed by atoms with E-state index in [2.05, 4.69) is 0 Å². The third kappa shape index (κ3) is 3.10. The summed E-state index contributed by atoms with van der Waals surface area (Å²) in [6.45, 7) is 4.89. The fourth-order valence-corrected chi connectivity index (χ4v) is 2.36. The molecule has 3 atom stereocenters. The van der Waals surface area contributed by atoms with Gasteiger partial charge in [-0.1, -0.05) is 0 Å². The maximum Gasteiger partial charge on any atom is 0.331 e. The van der Waals surface area contributed by atoms with Crippen LogP contribution in [0.4, 0.5) is 0 Å². The van der Waals surface area contributed by atoms with Crippen LogP contribution in [0.1, 0.15) is 20.3 Å². The van der Waals surface area contributed by atoms with Gasteiger partial charge in [0.25, 0.3) is 0 Å². The van der Waals surface area contributed by atoms with Gasteiger partial charge in [0.2, 0.25) is 0 Å². The fraction of sp³-hybridized carbons (Fsp3) is 0.769. The van der Waals surface area contributed by atoms with Gasteiger partial charge in [-0.25, -0.2) is 4.79 Å². The molecule has 0 aromatic heterocycles. The summed E-state index contributed by atoms with van der Waals surface area (Å²) in [5, 5.41) is 0. The van der Waals surface area contributed by atoms with Gasteiger partial charge in [-0.2, -0.15) is 0 Å². The molecule has 5 nitrogen and oxygen atoms in total. The van der Waals surface area contributed by atoms with Crippen LogP contribution in [0.25, 0.3) is 0 Å². The van der Waals surface area contributed by atoms with Gasteiger partial charge < -0.3 is 18.9 Å². The summed E-state index contributed by atoms with van der Waals surface area (Å²) >= 11 is 0. The van der Waals surface area contributed by atoms with E-state index in [1.54, 1.807) is 13.2 Å². The van der Waals surface area contributed by atoms with Crippen LogP contribution in [0.2, 0.25) is 0 Å². The summed E-state index contributed by atoms with van der Waals surface area (Å²) < 4.78 is 21.8. The van der Waals surface area contributed by atoms with Gasteiger partial charge in [0.15, 0.2) is 5.79 Å². The summed E-state index contributed by atoms with van der Waals surface area (Å²) in [6, 6.07) is 0. The Kier molecular flexibility index (Phi) is 4.04. The summed E-state index contributed by atoms with van der Waals surface area (Å²) in [6.07, 6.45) is 3.71. The number of hydrogen-bond acceptors (Lipinski definition) is 5. The Bertz CT molecular complexity index is 336. The van der Waals surface area contributed by atoms with Crippen LogP contribution < -0.4 is 0 Å². The van der Waals surface area contributed by atoms with Crippen molar-refractivity contribution in [3.05, 3.63) is 12.2 Å². The highest BCUT2D eigenvalue weighted by Gasteiger charge is 2.41. The molecule has 0 radical (unpaired) electrons. The number of cyclic esters (lactones) is 1. The number of carbonyl (C=O) groups excluding carboxylic acids is 1. The highest BCUT2D eigenvalue weighted by atomic mass is 16.7. The molecule has 102 valence electrons. The van der Waals surface area contributed by atoms with Crippen molar-refractivity contribution in [1.29, 1.82) is 0 Å². The van der Waals surface area contributed by atoms with E-state index in [0.29, 0.717) is 13.2 Å². The van der Waals surface area contributed by atoms with Crippen LogP contribution in [0.3, 0.4) is 0 Å². The van der Waals surface area contributed by atoms with Crippen LogP contribution >= 0.6 is 0 Å². The lowest BCUT2D eigenvalue weighted by molar-refractivity contribution is -0.156. The first-order valence-corrected chi connectivity index (χ1v) is 6.21. The average Bonchev–Trinajstić information content (AvgIpc) is 2.86. The molecule has 0 amide bonds. The normalized spacial score (nSPS) is 31.6. The molecule has 0 aromatic carbocycles. The highest BCUT2D eigenvalue weighted by molar-refractivity contribution is 5.84. The first-order chi connectivity index (χ1) is 8.52. The monoisotopic (exact) mass is 256 g/mol. The molecule has 5 heteroatoms. The molecule has 1 fully saturated rings. The summed E-state index contributed by atoms with van der Waals surface area (Å²) in [4.78, 5) is 11.2. The lowest BCUT2D eigenvalue weighted by atomic mass is 9.93. The van der Waals surface area contributed by atoms with Gasteiger partial charge in [-0.3, -0.25) is 0 Å². The standard InChI is InChI=1S/C13H20O5/c1-13(2)16-8-11(18-13)9(6-7-15-3)10-4-5-12(14)17-10/h4-5,9-11H,6-8H2,1-3H3/t9-,10+,11+/m0/s1. The molecule has 2 heterocycles. The van der Waals surface area contributed by atoms with Crippen molar-refractivity contribution in [1.82, 2.24) is 0 Å². The minimum Gasteiger partial charge on any atom is -0.455 e. The van der Waals surface area contributed by atoms with Crippen molar-refractivity contribution in [3.8, 4) is 0 Å². The van der Waals surface area contributed by atoms with E-state index in [1.807, 2.05) is 13.8 Å². The molecule has 0 bridgehead atoms. The zero-order valence-electron chi connectivity index (χ0n) is 11.0. The van der Waals surface area contributed by atoms with Crippen LogP contribution in [0.5, 0.6) is 0 Å². The predicted molar refractivity (Wildman–Crippen MR) is 63.9 cm³/mol. The smallest absolute Gasteiger partial charge is 0.331 e. The van der Waals surface area contributed by atoms with Crippen molar-refractivity contribution in [2.45, 2.75) is 38.3 Å². The van der Waals surface area contributed by atoms with Crippen molar-refractivity contribution < 1.29 is 23.7 Å². The quantitative estimate of drug-likeness (QED) is 0.693. The first-order valence-electron chi connectivity index (χ1n) is 6.21. The van der Waals surface area contributed by atoms with Crippen molar-refractivity contribution in [2.75, 3.05) is 20.3 Å². The number of rotatable bonds is 5. The zero-order chi connectivity index (χ0) is 13.2. The number of ether oxygens (including phenoxy) is 4. The maximum atomic E-state index is 11.2.